The Labute approximate surface area is 307 Å². The number of ether oxygens (including phenoxy) is 8. The summed E-state index contributed by atoms with van der Waals surface area (Å²) in [6, 6.07) is 16.6. The van der Waals surface area contributed by atoms with Crippen LogP contribution in [0.5, 0.6) is 23.0 Å². The lowest BCUT2D eigenvalue weighted by Gasteiger charge is -2.37. The van der Waals surface area contributed by atoms with Gasteiger partial charge in [0.15, 0.2) is 0 Å². The molecule has 280 valence electrons. The van der Waals surface area contributed by atoms with Crippen LogP contribution in [0.4, 0.5) is 0 Å². The van der Waals surface area contributed by atoms with Crippen LogP contribution < -0.4 is 18.9 Å². The second-order valence-electron chi connectivity index (χ2n) is 12.2. The van der Waals surface area contributed by atoms with Crippen molar-refractivity contribution in [2.45, 2.75) is 32.6 Å². The fourth-order valence-corrected chi connectivity index (χ4v) is 4.62. The quantitative estimate of drug-likeness (QED) is 0.0408. The molecule has 3 aromatic carbocycles. The summed E-state index contributed by atoms with van der Waals surface area (Å²) in [5, 5.41) is 0. The molecule has 53 heavy (non-hydrogen) atoms. The number of unbranched alkanes of at least 4 members (excludes halogenated alkanes) is 2. The highest BCUT2D eigenvalue weighted by Crippen LogP contribution is 2.30. The molecule has 1 aliphatic heterocycles. The molecule has 0 amide bonds. The van der Waals surface area contributed by atoms with Gasteiger partial charge in [-0.2, -0.15) is 0 Å². The Morgan fingerprint density at radius 2 is 1.09 bits per heavy atom. The standard InChI is InChI=1S/C40H42O13/c1-4-35(41)49-22-8-6-20-47-30-14-10-28(11-15-30)37(43)52-32-18-19-34(33(24-32)39(45)51-27-40(3)25-46-26-40)53-38(44)29-12-16-31(17-13-29)48-21-7-9-23-50-36(42)5-2/h4-5,10-19,24H,1-2,6-9,20-23,25-27H2,3H3. The molecule has 0 N–H and O–H groups in total. The number of carbonyl (C=O) groups excluding carboxylic acids is 5. The maximum atomic E-state index is 13.3. The number of hydrogen-bond acceptors (Lipinski definition) is 13. The average molecular weight is 731 g/mol. The Morgan fingerprint density at radius 1 is 0.623 bits per heavy atom. The van der Waals surface area contributed by atoms with E-state index in [1.807, 2.05) is 6.92 Å². The van der Waals surface area contributed by atoms with Gasteiger partial charge in [-0.1, -0.05) is 20.1 Å². The summed E-state index contributed by atoms with van der Waals surface area (Å²) in [5.41, 5.74) is -0.0273. The molecule has 0 unspecified atom stereocenters. The molecule has 0 aromatic heterocycles. The number of carbonyl (C=O) groups is 5. The summed E-state index contributed by atoms with van der Waals surface area (Å²) in [6.45, 7) is 10.8. The normalized spacial score (nSPS) is 12.6. The molecule has 0 saturated carbocycles. The third-order valence-electron chi connectivity index (χ3n) is 7.65. The van der Waals surface area contributed by atoms with Crippen molar-refractivity contribution in [2.24, 2.45) is 5.41 Å². The monoisotopic (exact) mass is 730 g/mol. The first kappa shape index (κ1) is 39.8. The molecule has 1 heterocycles. The van der Waals surface area contributed by atoms with Crippen LogP contribution >= 0.6 is 0 Å². The van der Waals surface area contributed by atoms with Crippen molar-refractivity contribution in [1.82, 2.24) is 0 Å². The summed E-state index contributed by atoms with van der Waals surface area (Å²) in [7, 11) is 0. The molecule has 0 atom stereocenters. The molecule has 13 nitrogen and oxygen atoms in total. The highest BCUT2D eigenvalue weighted by Gasteiger charge is 2.35. The van der Waals surface area contributed by atoms with Gasteiger partial charge in [0.05, 0.1) is 50.8 Å². The van der Waals surface area contributed by atoms with E-state index >= 15 is 0 Å². The smallest absolute Gasteiger partial charge is 0.343 e. The van der Waals surface area contributed by atoms with Crippen molar-refractivity contribution in [3.05, 3.63) is 109 Å². The minimum Gasteiger partial charge on any atom is -0.494 e. The Hall–Kier alpha value is -5.95. The van der Waals surface area contributed by atoms with E-state index in [0.717, 1.165) is 12.2 Å². The maximum Gasteiger partial charge on any atom is 0.343 e. The van der Waals surface area contributed by atoms with Gasteiger partial charge in [-0.05, 0) is 92.4 Å². The lowest BCUT2D eigenvalue weighted by molar-refractivity contribution is -0.138. The van der Waals surface area contributed by atoms with Crippen LogP contribution in [0.2, 0.25) is 0 Å². The van der Waals surface area contributed by atoms with Gasteiger partial charge in [-0.25, -0.2) is 24.0 Å². The molecule has 13 heteroatoms. The molecule has 0 bridgehead atoms. The van der Waals surface area contributed by atoms with E-state index in [1.54, 1.807) is 24.3 Å². The van der Waals surface area contributed by atoms with E-state index in [2.05, 4.69) is 13.2 Å². The number of benzene rings is 3. The van der Waals surface area contributed by atoms with Gasteiger partial charge in [0, 0.05) is 17.6 Å². The van der Waals surface area contributed by atoms with E-state index in [-0.39, 0.29) is 53.4 Å². The SMILES string of the molecule is C=CC(=O)OCCCCOc1ccc(C(=O)Oc2ccc(OC(=O)c3ccc(OCCCCOC(=O)C=C)cc3)c(C(=O)OCC3(C)COC3)c2)cc1. The van der Waals surface area contributed by atoms with E-state index in [4.69, 9.17) is 37.9 Å². The van der Waals surface area contributed by atoms with Crippen molar-refractivity contribution in [3.63, 3.8) is 0 Å². The molecular weight excluding hydrogens is 688 g/mol. The zero-order chi connectivity index (χ0) is 38.1. The average Bonchev–Trinajstić information content (AvgIpc) is 3.16. The van der Waals surface area contributed by atoms with Gasteiger partial charge in [-0.3, -0.25) is 0 Å². The number of esters is 5. The minimum absolute atomic E-state index is 0.0257. The molecule has 0 spiro atoms. The third-order valence-corrected chi connectivity index (χ3v) is 7.65. The first-order chi connectivity index (χ1) is 25.6. The maximum absolute atomic E-state index is 13.3. The third kappa shape index (κ3) is 13.0. The van der Waals surface area contributed by atoms with Crippen LogP contribution in [0.1, 0.15) is 63.7 Å². The van der Waals surface area contributed by atoms with Crippen molar-refractivity contribution in [1.29, 1.82) is 0 Å². The van der Waals surface area contributed by atoms with E-state index < -0.39 is 29.8 Å². The lowest BCUT2D eigenvalue weighted by atomic mass is 9.90. The summed E-state index contributed by atoms with van der Waals surface area (Å²) in [5.74, 6) is -2.16. The second-order valence-corrected chi connectivity index (χ2v) is 12.2. The Morgan fingerprint density at radius 3 is 1.57 bits per heavy atom. The summed E-state index contributed by atoms with van der Waals surface area (Å²) in [6.07, 6.45) is 4.74. The van der Waals surface area contributed by atoms with Crippen molar-refractivity contribution in [3.8, 4) is 23.0 Å². The summed E-state index contributed by atoms with van der Waals surface area (Å²) >= 11 is 0. The molecular formula is C40H42O13. The molecule has 0 aliphatic carbocycles. The predicted octanol–water partition coefficient (Wildman–Crippen LogP) is 6.09. The molecule has 1 aliphatic rings. The van der Waals surface area contributed by atoms with E-state index in [0.29, 0.717) is 63.6 Å². The molecule has 1 fully saturated rings. The van der Waals surface area contributed by atoms with Crippen molar-refractivity contribution in [2.75, 3.05) is 46.2 Å². The summed E-state index contributed by atoms with van der Waals surface area (Å²) < 4.78 is 43.2. The van der Waals surface area contributed by atoms with Crippen LogP contribution in [0, 0.1) is 5.41 Å². The van der Waals surface area contributed by atoms with Crippen LogP contribution in [-0.2, 0) is 28.5 Å². The van der Waals surface area contributed by atoms with Crippen LogP contribution in [0.15, 0.2) is 92.0 Å². The molecule has 4 rings (SSSR count). The van der Waals surface area contributed by atoms with E-state index in [1.165, 1.54) is 42.5 Å². The second kappa shape index (κ2) is 20.2. The van der Waals surface area contributed by atoms with Crippen LogP contribution in [-0.4, -0.2) is 76.1 Å². The largest absolute Gasteiger partial charge is 0.494 e. The van der Waals surface area contributed by atoms with Crippen molar-refractivity contribution < 1.29 is 61.9 Å². The van der Waals surface area contributed by atoms with Crippen LogP contribution in [0.3, 0.4) is 0 Å². The first-order valence-corrected chi connectivity index (χ1v) is 17.0. The highest BCUT2D eigenvalue weighted by molar-refractivity contribution is 5.97. The van der Waals surface area contributed by atoms with Gasteiger partial charge in [-0.15, -0.1) is 0 Å². The van der Waals surface area contributed by atoms with Crippen molar-refractivity contribution >= 4 is 29.8 Å². The summed E-state index contributed by atoms with van der Waals surface area (Å²) in [4.78, 5) is 61.6. The van der Waals surface area contributed by atoms with Gasteiger partial charge >= 0.3 is 29.8 Å². The van der Waals surface area contributed by atoms with Crippen LogP contribution in [0.25, 0.3) is 0 Å². The van der Waals surface area contributed by atoms with Gasteiger partial charge in [0.25, 0.3) is 0 Å². The first-order valence-electron chi connectivity index (χ1n) is 17.0. The molecule has 1 saturated heterocycles. The van der Waals surface area contributed by atoms with Gasteiger partial charge in [0.2, 0.25) is 0 Å². The lowest BCUT2D eigenvalue weighted by Crippen LogP contribution is -2.44. The molecule has 3 aromatic rings. The Bertz CT molecular complexity index is 1740. The van der Waals surface area contributed by atoms with Gasteiger partial charge < -0.3 is 37.9 Å². The van der Waals surface area contributed by atoms with E-state index in [9.17, 15) is 24.0 Å². The Kier molecular flexibility index (Phi) is 15.2. The fraction of sp³-hybridized carbons (Fsp3) is 0.325. The minimum atomic E-state index is -0.776. The number of rotatable bonds is 21. The van der Waals surface area contributed by atoms with Gasteiger partial charge in [0.1, 0.15) is 35.2 Å². The Balaban J connectivity index is 1.35. The zero-order valence-electron chi connectivity index (χ0n) is 29.5. The number of hydrogen-bond donors (Lipinski definition) is 0. The fourth-order valence-electron chi connectivity index (χ4n) is 4.62. The molecule has 0 radical (unpaired) electrons. The highest BCUT2D eigenvalue weighted by atomic mass is 16.6. The predicted molar refractivity (Wildman–Crippen MR) is 190 cm³/mol. The zero-order valence-corrected chi connectivity index (χ0v) is 29.5. The topological polar surface area (TPSA) is 159 Å².